The van der Waals surface area contributed by atoms with Crippen molar-refractivity contribution in [2.24, 2.45) is 0 Å². The van der Waals surface area contributed by atoms with E-state index in [1.165, 1.54) is 0 Å². The fourth-order valence-electron chi connectivity index (χ4n) is 1.60. The van der Waals surface area contributed by atoms with E-state index < -0.39 is 61.1 Å². The van der Waals surface area contributed by atoms with Crippen LogP contribution >= 0.6 is 0 Å². The molecule has 0 aromatic rings. The van der Waals surface area contributed by atoms with Crippen LogP contribution in [-0.4, -0.2) is 85.4 Å². The number of ketones is 1. The minimum Gasteiger partial charge on any atom is -0.475 e. The second-order valence-corrected chi connectivity index (χ2v) is 4.46. The molecule has 10 heteroatoms. The Morgan fingerprint density at radius 3 is 1.90 bits per heavy atom. The van der Waals surface area contributed by atoms with E-state index in [4.69, 9.17) is 10.2 Å². The zero-order chi connectivity index (χ0) is 16.7. The largest absolute Gasteiger partial charge is 0.475 e. The topological polar surface area (TPSA) is 185 Å². The number of carboxylic acids is 1. The molecule has 0 saturated carbocycles. The van der Waals surface area contributed by atoms with Gasteiger partial charge in [0.1, 0.15) is 18.3 Å². The number of nitrogens with one attached hydrogen (secondary N) is 1. The van der Waals surface area contributed by atoms with Gasteiger partial charge in [-0.15, -0.1) is 0 Å². The summed E-state index contributed by atoms with van der Waals surface area (Å²) in [7, 11) is 0. The maximum absolute atomic E-state index is 11.0. The molecule has 0 bridgehead atoms. The number of carbonyl (C=O) groups is 3. The van der Waals surface area contributed by atoms with E-state index in [2.05, 4.69) is 0 Å². The van der Waals surface area contributed by atoms with E-state index in [9.17, 15) is 34.8 Å². The Bertz CT molecular complexity index is 386. The van der Waals surface area contributed by atoms with Crippen LogP contribution in [0.3, 0.4) is 0 Å². The number of carboxylic acid groups (broad SMARTS) is 1. The fourth-order valence-corrected chi connectivity index (χ4v) is 1.60. The summed E-state index contributed by atoms with van der Waals surface area (Å²) in [4.78, 5) is 32.4. The Balaban J connectivity index is 5.04. The molecule has 0 spiro atoms. The summed E-state index contributed by atoms with van der Waals surface area (Å²) < 4.78 is 0. The summed E-state index contributed by atoms with van der Waals surface area (Å²) in [5, 5.41) is 57.4. The van der Waals surface area contributed by atoms with E-state index in [0.29, 0.717) is 0 Å². The van der Waals surface area contributed by atoms with Gasteiger partial charge in [-0.25, -0.2) is 4.79 Å². The number of rotatable bonds is 9. The average molecular weight is 309 g/mol. The third-order valence-electron chi connectivity index (χ3n) is 2.72. The van der Waals surface area contributed by atoms with E-state index in [1.54, 1.807) is 0 Å². The molecule has 7 N–H and O–H groups in total. The number of aliphatic carboxylic acids is 1. The summed E-state index contributed by atoms with van der Waals surface area (Å²) >= 11 is 0. The standard InChI is InChI=1S/C11H19NO9/c1-4(14)12-8(5(15)2-6(16)11(20)21)10(19)9(18)7(17)3-13/h5,7-10,13,15,17-19H,2-3H2,1H3,(H,12,14)(H,20,21)/t5-,7-,8+,9-,10+/m1/s1. The van der Waals surface area contributed by atoms with Gasteiger partial charge in [0.15, 0.2) is 0 Å². The molecule has 0 aliphatic heterocycles. The first-order chi connectivity index (χ1) is 9.61. The molecule has 21 heavy (non-hydrogen) atoms. The summed E-state index contributed by atoms with van der Waals surface area (Å²) in [6.45, 7) is 0.134. The van der Waals surface area contributed by atoms with Gasteiger partial charge in [-0.2, -0.15) is 0 Å². The lowest BCUT2D eigenvalue weighted by atomic mass is 9.94. The molecule has 122 valence electrons. The molecule has 5 atom stereocenters. The van der Waals surface area contributed by atoms with Crippen LogP contribution in [0.2, 0.25) is 0 Å². The number of Topliss-reactive ketones (excluding diaryl/α,β-unsaturated/α-hetero) is 1. The Hall–Kier alpha value is -1.59. The van der Waals surface area contributed by atoms with E-state index in [1.807, 2.05) is 5.32 Å². The van der Waals surface area contributed by atoms with Crippen LogP contribution in [0.25, 0.3) is 0 Å². The van der Waals surface area contributed by atoms with Crippen LogP contribution in [0.5, 0.6) is 0 Å². The van der Waals surface area contributed by atoms with Crippen LogP contribution in [0.4, 0.5) is 0 Å². The average Bonchev–Trinajstić information content (AvgIpc) is 2.41. The van der Waals surface area contributed by atoms with Gasteiger partial charge in [-0.3, -0.25) is 9.59 Å². The van der Waals surface area contributed by atoms with E-state index >= 15 is 0 Å². The smallest absolute Gasteiger partial charge is 0.372 e. The maximum atomic E-state index is 11.0. The van der Waals surface area contributed by atoms with Gasteiger partial charge >= 0.3 is 5.97 Å². The minimum absolute atomic E-state index is 0.730. The highest BCUT2D eigenvalue weighted by Crippen LogP contribution is 2.11. The summed E-state index contributed by atoms with van der Waals surface area (Å²) in [5.41, 5.74) is 0. The molecule has 0 radical (unpaired) electrons. The normalized spacial score (nSPS) is 18.2. The van der Waals surface area contributed by atoms with Crippen LogP contribution < -0.4 is 5.32 Å². The Kier molecular flexibility index (Phi) is 7.99. The molecule has 0 aromatic carbocycles. The molecule has 10 nitrogen and oxygen atoms in total. The number of carbonyl (C=O) groups excluding carboxylic acids is 2. The highest BCUT2D eigenvalue weighted by molar-refractivity contribution is 6.32. The molecular formula is C11H19NO9. The van der Waals surface area contributed by atoms with Crippen molar-refractivity contribution in [1.29, 1.82) is 0 Å². The van der Waals surface area contributed by atoms with Gasteiger partial charge in [0.05, 0.1) is 18.8 Å². The predicted octanol–water partition coefficient (Wildman–Crippen LogP) is -4.03. The number of aliphatic hydroxyl groups is 5. The molecule has 0 saturated heterocycles. The molecule has 1 amide bonds. The second-order valence-electron chi connectivity index (χ2n) is 4.46. The Morgan fingerprint density at radius 1 is 1.00 bits per heavy atom. The van der Waals surface area contributed by atoms with Crippen molar-refractivity contribution < 1.29 is 45.0 Å². The lowest BCUT2D eigenvalue weighted by Crippen LogP contribution is -2.57. The van der Waals surface area contributed by atoms with Gasteiger partial charge in [-0.05, 0) is 0 Å². The SMILES string of the molecule is CC(=O)N[C@H]([C@H](O)[C@H](O)[C@H](O)CO)[C@H](O)CC(=O)C(=O)O. The van der Waals surface area contributed by atoms with Crippen LogP contribution in [-0.2, 0) is 14.4 Å². The van der Waals surface area contributed by atoms with Crippen molar-refractivity contribution in [2.45, 2.75) is 43.8 Å². The first kappa shape index (κ1) is 19.4. The van der Waals surface area contributed by atoms with Crippen LogP contribution in [0.1, 0.15) is 13.3 Å². The molecule has 0 fully saturated rings. The third kappa shape index (κ3) is 6.14. The molecule has 0 rings (SSSR count). The quantitative estimate of drug-likeness (QED) is 0.208. The monoisotopic (exact) mass is 309 g/mol. The number of amides is 1. The van der Waals surface area contributed by atoms with Crippen molar-refractivity contribution in [1.82, 2.24) is 5.32 Å². The molecule has 0 heterocycles. The van der Waals surface area contributed by atoms with Gasteiger partial charge in [0, 0.05) is 13.3 Å². The van der Waals surface area contributed by atoms with Crippen LogP contribution in [0, 0.1) is 0 Å². The number of hydrogen-bond acceptors (Lipinski definition) is 8. The zero-order valence-corrected chi connectivity index (χ0v) is 11.2. The summed E-state index contributed by atoms with van der Waals surface area (Å²) in [6.07, 6.45) is -8.35. The fraction of sp³-hybridized carbons (Fsp3) is 0.727. The van der Waals surface area contributed by atoms with Crippen molar-refractivity contribution in [2.75, 3.05) is 6.61 Å². The predicted molar refractivity (Wildman–Crippen MR) is 66.0 cm³/mol. The first-order valence-electron chi connectivity index (χ1n) is 5.98. The molecule has 0 unspecified atom stereocenters. The van der Waals surface area contributed by atoms with Gasteiger partial charge in [0.2, 0.25) is 11.7 Å². The van der Waals surface area contributed by atoms with Crippen molar-refractivity contribution in [3.8, 4) is 0 Å². The molecular weight excluding hydrogens is 290 g/mol. The van der Waals surface area contributed by atoms with E-state index in [-0.39, 0.29) is 0 Å². The Labute approximate surface area is 119 Å². The third-order valence-corrected chi connectivity index (χ3v) is 2.72. The van der Waals surface area contributed by atoms with Crippen LogP contribution in [0.15, 0.2) is 0 Å². The van der Waals surface area contributed by atoms with Crippen molar-refractivity contribution in [3.63, 3.8) is 0 Å². The summed E-state index contributed by atoms with van der Waals surface area (Å²) in [5.74, 6) is -3.89. The minimum atomic E-state index is -1.94. The number of hydrogen-bond donors (Lipinski definition) is 7. The summed E-state index contributed by atoms with van der Waals surface area (Å²) in [6, 6.07) is -1.61. The molecule has 0 aliphatic carbocycles. The highest BCUT2D eigenvalue weighted by atomic mass is 16.4. The van der Waals surface area contributed by atoms with Crippen molar-refractivity contribution >= 4 is 17.7 Å². The van der Waals surface area contributed by atoms with Gasteiger partial charge in [0.25, 0.3) is 0 Å². The second kappa shape index (κ2) is 8.64. The molecule has 0 aliphatic rings. The van der Waals surface area contributed by atoms with Gasteiger partial charge in [-0.1, -0.05) is 0 Å². The number of aliphatic hydroxyl groups excluding tert-OH is 5. The lowest BCUT2D eigenvalue weighted by Gasteiger charge is -2.32. The highest BCUT2D eigenvalue weighted by Gasteiger charge is 2.37. The Morgan fingerprint density at radius 2 is 1.52 bits per heavy atom. The lowest BCUT2D eigenvalue weighted by molar-refractivity contribution is -0.151. The maximum Gasteiger partial charge on any atom is 0.372 e. The van der Waals surface area contributed by atoms with E-state index in [0.717, 1.165) is 6.92 Å². The van der Waals surface area contributed by atoms with Crippen molar-refractivity contribution in [3.05, 3.63) is 0 Å². The zero-order valence-electron chi connectivity index (χ0n) is 11.2. The van der Waals surface area contributed by atoms with Gasteiger partial charge < -0.3 is 36.0 Å². The first-order valence-corrected chi connectivity index (χ1v) is 5.98. The molecule has 0 aromatic heterocycles.